The van der Waals surface area contributed by atoms with Crippen molar-refractivity contribution in [2.75, 3.05) is 22.8 Å². The molecule has 8 nitrogen and oxygen atoms in total. The Bertz CT molecular complexity index is 979. The highest BCUT2D eigenvalue weighted by atomic mass is 79.9. The Morgan fingerprint density at radius 3 is 2.50 bits per heavy atom. The van der Waals surface area contributed by atoms with Gasteiger partial charge in [0.1, 0.15) is 0 Å². The van der Waals surface area contributed by atoms with E-state index in [0.717, 1.165) is 16.3 Å². The van der Waals surface area contributed by atoms with E-state index >= 15 is 0 Å². The van der Waals surface area contributed by atoms with Crippen LogP contribution in [0.3, 0.4) is 0 Å². The number of amides is 3. The summed E-state index contributed by atoms with van der Waals surface area (Å²) in [6.45, 7) is 1.86. The van der Waals surface area contributed by atoms with Crippen molar-refractivity contribution in [3.63, 3.8) is 0 Å². The lowest BCUT2D eigenvalue weighted by molar-refractivity contribution is -0.115. The molecule has 0 unspecified atom stereocenters. The Labute approximate surface area is 172 Å². The van der Waals surface area contributed by atoms with Crippen LogP contribution in [0.1, 0.15) is 11.1 Å². The number of halogens is 1. The third-order valence-corrected chi connectivity index (χ3v) is 4.66. The van der Waals surface area contributed by atoms with Crippen LogP contribution in [0.25, 0.3) is 0 Å². The van der Waals surface area contributed by atoms with E-state index in [9.17, 15) is 18.0 Å². The van der Waals surface area contributed by atoms with Gasteiger partial charge < -0.3 is 16.0 Å². The third-order valence-electron chi connectivity index (χ3n) is 3.56. The molecule has 0 radical (unpaired) electrons. The van der Waals surface area contributed by atoms with Gasteiger partial charge in [-0.3, -0.25) is 9.52 Å². The molecule has 150 valence electrons. The summed E-state index contributed by atoms with van der Waals surface area (Å²) in [5.41, 5.74) is 2.69. The van der Waals surface area contributed by atoms with Gasteiger partial charge in [-0.1, -0.05) is 28.1 Å². The van der Waals surface area contributed by atoms with Gasteiger partial charge in [0.15, 0.2) is 0 Å². The zero-order valence-corrected chi connectivity index (χ0v) is 17.8. The quantitative estimate of drug-likeness (QED) is 0.499. The molecular formula is C18H21BrN4O4S. The summed E-state index contributed by atoms with van der Waals surface area (Å²) >= 11 is 3.36. The predicted octanol–water partition coefficient (Wildman–Crippen LogP) is 2.57. The van der Waals surface area contributed by atoms with Gasteiger partial charge in [-0.05, 0) is 48.4 Å². The first kappa shape index (κ1) is 21.7. The molecular weight excluding hydrogens is 448 g/mol. The lowest BCUT2D eigenvalue weighted by Crippen LogP contribution is -2.39. The van der Waals surface area contributed by atoms with Crippen molar-refractivity contribution in [3.05, 3.63) is 58.1 Å². The molecule has 0 heterocycles. The number of aryl methyl sites for hydroxylation is 1. The van der Waals surface area contributed by atoms with Crippen LogP contribution in [-0.2, 0) is 21.4 Å². The Balaban J connectivity index is 1.79. The van der Waals surface area contributed by atoms with Gasteiger partial charge in [-0.25, -0.2) is 13.2 Å². The van der Waals surface area contributed by atoms with Gasteiger partial charge in [0.25, 0.3) is 0 Å². The summed E-state index contributed by atoms with van der Waals surface area (Å²) in [6, 6.07) is 11.6. The van der Waals surface area contributed by atoms with Crippen molar-refractivity contribution in [2.24, 2.45) is 0 Å². The molecule has 3 amide bonds. The fraction of sp³-hybridized carbons (Fsp3) is 0.222. The Hall–Kier alpha value is -2.59. The molecule has 0 aliphatic rings. The third kappa shape index (κ3) is 7.57. The molecule has 2 aromatic rings. The Morgan fingerprint density at radius 2 is 1.82 bits per heavy atom. The number of sulfonamides is 1. The van der Waals surface area contributed by atoms with Crippen LogP contribution in [0.5, 0.6) is 0 Å². The number of carbonyl (C=O) groups is 2. The first-order valence-corrected chi connectivity index (χ1v) is 11.0. The van der Waals surface area contributed by atoms with Crippen molar-refractivity contribution in [1.82, 2.24) is 10.6 Å². The number of rotatable bonds is 7. The molecule has 10 heteroatoms. The number of benzene rings is 2. The van der Waals surface area contributed by atoms with Crippen molar-refractivity contribution in [2.45, 2.75) is 13.5 Å². The molecule has 4 N–H and O–H groups in total. The average molecular weight is 469 g/mol. The van der Waals surface area contributed by atoms with Crippen LogP contribution in [0.15, 0.2) is 46.9 Å². The molecule has 0 spiro atoms. The first-order chi connectivity index (χ1) is 13.1. The largest absolute Gasteiger partial charge is 0.334 e. The number of anilines is 2. The van der Waals surface area contributed by atoms with Gasteiger partial charge in [0.2, 0.25) is 15.9 Å². The molecule has 0 saturated heterocycles. The monoisotopic (exact) mass is 468 g/mol. The molecule has 0 saturated carbocycles. The van der Waals surface area contributed by atoms with E-state index in [0.29, 0.717) is 16.9 Å². The smallest absolute Gasteiger partial charge is 0.315 e. The van der Waals surface area contributed by atoms with Gasteiger partial charge in [-0.15, -0.1) is 0 Å². The van der Waals surface area contributed by atoms with Crippen molar-refractivity contribution < 1.29 is 18.0 Å². The van der Waals surface area contributed by atoms with Crippen LogP contribution in [0.4, 0.5) is 16.2 Å². The lowest BCUT2D eigenvalue weighted by atomic mass is 10.2. The Kier molecular flexibility index (Phi) is 7.41. The molecule has 0 fully saturated rings. The highest BCUT2D eigenvalue weighted by Gasteiger charge is 2.08. The van der Waals surface area contributed by atoms with Gasteiger partial charge in [-0.2, -0.15) is 0 Å². The number of nitrogens with one attached hydrogen (secondary N) is 4. The molecule has 0 atom stereocenters. The summed E-state index contributed by atoms with van der Waals surface area (Å²) < 4.78 is 25.8. The van der Waals surface area contributed by atoms with Crippen molar-refractivity contribution >= 4 is 49.3 Å². The highest BCUT2D eigenvalue weighted by Crippen LogP contribution is 2.19. The van der Waals surface area contributed by atoms with E-state index in [1.54, 1.807) is 30.3 Å². The number of carbonyl (C=O) groups excluding carboxylic acids is 2. The number of hydrogen-bond acceptors (Lipinski definition) is 4. The standard InChI is InChI=1S/C18H21BrN4O4S/c1-12-8-14(19)6-7-16(12)22-17(24)11-21-18(25)20-10-13-4-3-5-15(9-13)23-28(2,26)27/h3-9,23H,10-11H2,1-2H3,(H,22,24)(H2,20,21,25). The minimum absolute atomic E-state index is 0.179. The van der Waals surface area contributed by atoms with E-state index in [1.807, 2.05) is 19.1 Å². The number of hydrogen-bond donors (Lipinski definition) is 4. The minimum atomic E-state index is -3.37. The second kappa shape index (κ2) is 9.56. The van der Waals surface area contributed by atoms with Crippen LogP contribution >= 0.6 is 15.9 Å². The zero-order chi connectivity index (χ0) is 20.7. The summed E-state index contributed by atoms with van der Waals surface area (Å²) in [5, 5.41) is 7.82. The van der Waals surface area contributed by atoms with E-state index in [2.05, 4.69) is 36.6 Å². The van der Waals surface area contributed by atoms with Crippen LogP contribution in [0.2, 0.25) is 0 Å². The summed E-state index contributed by atoms with van der Waals surface area (Å²) in [5.74, 6) is -0.347. The fourth-order valence-corrected chi connectivity index (χ4v) is 3.36. The van der Waals surface area contributed by atoms with E-state index in [4.69, 9.17) is 0 Å². The van der Waals surface area contributed by atoms with Gasteiger partial charge in [0, 0.05) is 22.4 Å². The lowest BCUT2D eigenvalue weighted by Gasteiger charge is -2.11. The maximum absolute atomic E-state index is 12.0. The molecule has 0 aromatic heterocycles. The van der Waals surface area contributed by atoms with Crippen LogP contribution < -0.4 is 20.7 Å². The van der Waals surface area contributed by atoms with Crippen LogP contribution in [-0.4, -0.2) is 33.2 Å². The maximum atomic E-state index is 12.0. The molecule has 0 bridgehead atoms. The fourth-order valence-electron chi connectivity index (χ4n) is 2.33. The zero-order valence-electron chi connectivity index (χ0n) is 15.4. The van der Waals surface area contributed by atoms with Gasteiger partial charge >= 0.3 is 6.03 Å². The molecule has 2 aromatic carbocycles. The second-order valence-corrected chi connectivity index (χ2v) is 8.78. The molecule has 2 rings (SSSR count). The van der Waals surface area contributed by atoms with E-state index in [1.165, 1.54) is 0 Å². The molecule has 28 heavy (non-hydrogen) atoms. The summed E-state index contributed by atoms with van der Waals surface area (Å²) in [4.78, 5) is 23.9. The van der Waals surface area contributed by atoms with Crippen LogP contribution in [0, 0.1) is 6.92 Å². The van der Waals surface area contributed by atoms with Crippen molar-refractivity contribution in [1.29, 1.82) is 0 Å². The number of urea groups is 1. The second-order valence-electron chi connectivity index (χ2n) is 6.12. The Morgan fingerprint density at radius 1 is 1.07 bits per heavy atom. The van der Waals surface area contributed by atoms with Gasteiger partial charge in [0.05, 0.1) is 12.8 Å². The van der Waals surface area contributed by atoms with E-state index in [-0.39, 0.29) is 19.0 Å². The average Bonchev–Trinajstić information content (AvgIpc) is 2.59. The first-order valence-electron chi connectivity index (χ1n) is 8.27. The molecule has 0 aliphatic carbocycles. The minimum Gasteiger partial charge on any atom is -0.334 e. The van der Waals surface area contributed by atoms with E-state index < -0.39 is 16.1 Å². The topological polar surface area (TPSA) is 116 Å². The highest BCUT2D eigenvalue weighted by molar-refractivity contribution is 9.10. The maximum Gasteiger partial charge on any atom is 0.315 e. The predicted molar refractivity (Wildman–Crippen MR) is 113 cm³/mol. The normalized spacial score (nSPS) is 10.8. The summed E-state index contributed by atoms with van der Waals surface area (Å²) in [7, 11) is -3.37. The SMILES string of the molecule is Cc1cc(Br)ccc1NC(=O)CNC(=O)NCc1cccc(NS(C)(=O)=O)c1. The summed E-state index contributed by atoms with van der Waals surface area (Å²) in [6.07, 6.45) is 1.06. The van der Waals surface area contributed by atoms with Crippen molar-refractivity contribution in [3.8, 4) is 0 Å². The molecule has 0 aliphatic heterocycles.